The molecule has 0 aromatic heterocycles. The Morgan fingerprint density at radius 3 is 1.84 bits per heavy atom. The first-order chi connectivity index (χ1) is 28.4. The molecule has 61 heavy (non-hydrogen) atoms. The van der Waals surface area contributed by atoms with Crippen LogP contribution in [0.4, 0.5) is 0 Å². The number of hydrogen-bond donors (Lipinski definition) is 6. The number of phenolic OH excluding ortho intramolecular Hbond substituents is 1. The standard InChI is InChI=1S/C42H64O15.2C2H6/c1-39(2,3)57-34-32(47)33(48)36(55-35(34)38(50)53-24-26-16-18-27(44)19-17-26)42(8,9)54-21-20-40(4,5)56-28(22-43)30(45)31(46)29(41(6,7)51-10)37(49)52-23-25-14-12-11-13-15-25;2*1-2/h11-19,28-36,43-48H,20-24H2,1-10H3;2*1-2H3/t28-,29?,30?,31?,32?,33?,34+,35?,36?;;/m1../s1. The highest BCUT2D eigenvalue weighted by Gasteiger charge is 2.55. The first kappa shape index (κ1) is 55.8. The lowest BCUT2D eigenvalue weighted by Gasteiger charge is -2.48. The molecule has 1 heterocycles. The van der Waals surface area contributed by atoms with Crippen LogP contribution in [0.25, 0.3) is 0 Å². The highest BCUT2D eigenvalue weighted by molar-refractivity contribution is 5.76. The smallest absolute Gasteiger partial charge is 0.338 e. The van der Waals surface area contributed by atoms with Gasteiger partial charge in [-0.05, 0) is 92.0 Å². The molecule has 0 spiro atoms. The molecule has 1 aliphatic rings. The highest BCUT2D eigenvalue weighted by Crippen LogP contribution is 2.35. The van der Waals surface area contributed by atoms with Gasteiger partial charge in [-0.15, -0.1) is 0 Å². The van der Waals surface area contributed by atoms with Gasteiger partial charge in [0, 0.05) is 7.11 Å². The molecule has 350 valence electrons. The zero-order chi connectivity index (χ0) is 46.9. The molecule has 1 aliphatic heterocycles. The van der Waals surface area contributed by atoms with Crippen LogP contribution in [0.5, 0.6) is 5.75 Å². The Morgan fingerprint density at radius 1 is 0.770 bits per heavy atom. The molecule has 0 bridgehead atoms. The number of carbonyl (C=O) groups is 2. The van der Waals surface area contributed by atoms with Gasteiger partial charge >= 0.3 is 11.9 Å². The third-order valence-corrected chi connectivity index (χ3v) is 9.97. The second-order valence-electron chi connectivity index (χ2n) is 17.1. The summed E-state index contributed by atoms with van der Waals surface area (Å²) in [5.41, 5.74) is -3.21. The number of hydrogen-bond acceptors (Lipinski definition) is 15. The third-order valence-electron chi connectivity index (χ3n) is 9.97. The van der Waals surface area contributed by atoms with Crippen molar-refractivity contribution in [1.29, 1.82) is 0 Å². The molecule has 6 N–H and O–H groups in total. The predicted octanol–water partition coefficient (Wildman–Crippen LogP) is 5.01. The normalized spacial score (nSPS) is 21.7. The molecule has 15 heteroatoms. The monoisotopic (exact) mass is 869 g/mol. The van der Waals surface area contributed by atoms with Crippen LogP contribution in [-0.2, 0) is 56.0 Å². The molecule has 3 rings (SSSR count). The fourth-order valence-electron chi connectivity index (χ4n) is 6.52. The molecule has 2 aromatic rings. The summed E-state index contributed by atoms with van der Waals surface area (Å²) in [6.45, 7) is 22.0. The van der Waals surface area contributed by atoms with Crippen molar-refractivity contribution in [2.24, 2.45) is 5.92 Å². The SMILES string of the molecule is CC.CC.COC(C)(C)C(C(=O)OCc1ccccc1)C(O)C(O)[C@@H](CO)OC(C)(C)CCOC(C)(C)C1OC(C(=O)OCc2ccc(O)cc2)[C@@H](OC(C)(C)C)C(O)C1O. The van der Waals surface area contributed by atoms with Gasteiger partial charge in [0.05, 0.1) is 41.7 Å². The van der Waals surface area contributed by atoms with Crippen molar-refractivity contribution in [3.63, 3.8) is 0 Å². The van der Waals surface area contributed by atoms with Crippen LogP contribution < -0.4 is 0 Å². The first-order valence-electron chi connectivity index (χ1n) is 21.1. The lowest BCUT2D eigenvalue weighted by molar-refractivity contribution is -0.287. The van der Waals surface area contributed by atoms with Crippen LogP contribution in [0.2, 0.25) is 0 Å². The number of aliphatic hydroxyl groups is 5. The second-order valence-corrected chi connectivity index (χ2v) is 17.1. The zero-order valence-electron chi connectivity index (χ0n) is 38.8. The van der Waals surface area contributed by atoms with Gasteiger partial charge in [-0.2, -0.15) is 0 Å². The molecular weight excluding hydrogens is 792 g/mol. The van der Waals surface area contributed by atoms with Gasteiger partial charge in [0.2, 0.25) is 0 Å². The van der Waals surface area contributed by atoms with Crippen molar-refractivity contribution in [3.05, 3.63) is 65.7 Å². The second kappa shape index (κ2) is 25.2. The fourth-order valence-corrected chi connectivity index (χ4v) is 6.52. The quantitative estimate of drug-likeness (QED) is 0.0964. The predicted molar refractivity (Wildman–Crippen MR) is 229 cm³/mol. The summed E-state index contributed by atoms with van der Waals surface area (Å²) in [5, 5.41) is 65.1. The Bertz CT molecular complexity index is 1540. The van der Waals surface area contributed by atoms with Gasteiger partial charge in [-0.25, -0.2) is 4.79 Å². The number of ether oxygens (including phenoxy) is 7. The van der Waals surface area contributed by atoms with E-state index in [1.807, 2.05) is 33.8 Å². The van der Waals surface area contributed by atoms with Crippen molar-refractivity contribution in [1.82, 2.24) is 0 Å². The zero-order valence-corrected chi connectivity index (χ0v) is 38.8. The minimum Gasteiger partial charge on any atom is -0.508 e. The number of rotatable bonds is 20. The van der Waals surface area contributed by atoms with E-state index in [1.165, 1.54) is 19.2 Å². The molecule has 0 amide bonds. The van der Waals surface area contributed by atoms with Crippen LogP contribution in [0.1, 0.15) is 108 Å². The summed E-state index contributed by atoms with van der Waals surface area (Å²) in [5.74, 6) is -2.97. The molecule has 0 aliphatic carbocycles. The Balaban J connectivity index is 0.00000451. The minimum absolute atomic E-state index is 0.0253. The van der Waals surface area contributed by atoms with E-state index in [-0.39, 0.29) is 32.0 Å². The Hall–Kier alpha value is -3.22. The summed E-state index contributed by atoms with van der Waals surface area (Å²) >= 11 is 0. The first-order valence-corrected chi connectivity index (χ1v) is 21.1. The van der Waals surface area contributed by atoms with Crippen LogP contribution in [0.3, 0.4) is 0 Å². The Kier molecular flexibility index (Phi) is 23.0. The number of esters is 2. The van der Waals surface area contributed by atoms with E-state index in [4.69, 9.17) is 33.2 Å². The number of phenols is 1. The van der Waals surface area contributed by atoms with Crippen molar-refractivity contribution in [2.75, 3.05) is 20.3 Å². The molecular formula is C46H76O15. The molecule has 0 saturated carbocycles. The van der Waals surface area contributed by atoms with Crippen LogP contribution in [0.15, 0.2) is 54.6 Å². The van der Waals surface area contributed by atoms with Gasteiger partial charge in [-0.1, -0.05) is 70.2 Å². The van der Waals surface area contributed by atoms with E-state index in [9.17, 15) is 40.2 Å². The molecule has 2 aromatic carbocycles. The fraction of sp³-hybridized carbons (Fsp3) is 0.696. The van der Waals surface area contributed by atoms with E-state index < -0.39 is 95.7 Å². The van der Waals surface area contributed by atoms with E-state index >= 15 is 0 Å². The van der Waals surface area contributed by atoms with Gasteiger partial charge in [0.25, 0.3) is 0 Å². The highest BCUT2D eigenvalue weighted by atomic mass is 16.6. The summed E-state index contributed by atoms with van der Waals surface area (Å²) < 4.78 is 41.0. The van der Waals surface area contributed by atoms with Gasteiger partial charge < -0.3 is 63.8 Å². The average Bonchev–Trinajstić information content (AvgIpc) is 3.21. The van der Waals surface area contributed by atoms with Gasteiger partial charge in [0.15, 0.2) is 6.10 Å². The average molecular weight is 869 g/mol. The number of carbonyl (C=O) groups excluding carboxylic acids is 2. The number of benzene rings is 2. The van der Waals surface area contributed by atoms with Gasteiger partial charge in [0.1, 0.15) is 61.5 Å². The largest absolute Gasteiger partial charge is 0.508 e. The van der Waals surface area contributed by atoms with Crippen LogP contribution >= 0.6 is 0 Å². The Morgan fingerprint density at radius 2 is 1.31 bits per heavy atom. The number of methoxy groups -OCH3 is 1. The number of aliphatic hydroxyl groups excluding tert-OH is 5. The van der Waals surface area contributed by atoms with Crippen molar-refractivity contribution in [2.45, 2.75) is 181 Å². The van der Waals surface area contributed by atoms with Crippen LogP contribution in [0, 0.1) is 5.92 Å². The lowest BCUT2D eigenvalue weighted by atomic mass is 9.82. The van der Waals surface area contributed by atoms with Crippen LogP contribution in [-0.4, -0.2) is 134 Å². The minimum atomic E-state index is -1.77. The molecule has 9 atom stereocenters. The maximum Gasteiger partial charge on any atom is 0.338 e. The van der Waals surface area contributed by atoms with Gasteiger partial charge in [-0.3, -0.25) is 4.79 Å². The summed E-state index contributed by atoms with van der Waals surface area (Å²) in [6, 6.07) is 15.1. The molecule has 0 radical (unpaired) electrons. The lowest BCUT2D eigenvalue weighted by Crippen LogP contribution is -2.66. The summed E-state index contributed by atoms with van der Waals surface area (Å²) in [4.78, 5) is 26.8. The third kappa shape index (κ3) is 17.1. The molecule has 15 nitrogen and oxygen atoms in total. The van der Waals surface area contributed by atoms with Crippen molar-refractivity contribution in [3.8, 4) is 5.75 Å². The molecule has 1 saturated heterocycles. The van der Waals surface area contributed by atoms with E-state index in [2.05, 4.69) is 0 Å². The number of aromatic hydroxyl groups is 1. The van der Waals surface area contributed by atoms with Crippen molar-refractivity contribution < 1.29 is 73.4 Å². The maximum atomic E-state index is 13.5. The van der Waals surface area contributed by atoms with E-state index in [1.54, 1.807) is 98.7 Å². The van der Waals surface area contributed by atoms with E-state index in [0.29, 0.717) is 5.56 Å². The summed E-state index contributed by atoms with van der Waals surface area (Å²) in [6.07, 6.45) is -11.8. The topological polar surface area (TPSA) is 220 Å². The molecule has 7 unspecified atom stereocenters. The Labute approximate surface area is 363 Å². The molecule has 1 fully saturated rings. The maximum absolute atomic E-state index is 13.5. The van der Waals surface area contributed by atoms with Crippen molar-refractivity contribution >= 4 is 11.9 Å². The van der Waals surface area contributed by atoms with E-state index in [0.717, 1.165) is 5.56 Å². The summed E-state index contributed by atoms with van der Waals surface area (Å²) in [7, 11) is 1.36.